The minimum Gasteiger partial charge on any atom is -0.481 e. The Kier molecular flexibility index (Phi) is 10.7. The van der Waals surface area contributed by atoms with Crippen LogP contribution in [-0.2, 0) is 40.8 Å². The van der Waals surface area contributed by atoms with Gasteiger partial charge in [0.05, 0.1) is 24.8 Å². The van der Waals surface area contributed by atoms with Crippen LogP contribution >= 0.6 is 7.60 Å². The number of carbonyl (C=O) groups is 2. The van der Waals surface area contributed by atoms with Gasteiger partial charge in [-0.05, 0) is 36.2 Å². The molecule has 2 rings (SSSR count). The van der Waals surface area contributed by atoms with E-state index in [2.05, 4.69) is 0 Å². The maximum absolute atomic E-state index is 14.1. The van der Waals surface area contributed by atoms with Crippen LogP contribution in [0.25, 0.3) is 0 Å². The Morgan fingerprint density at radius 1 is 0.868 bits per heavy atom. The van der Waals surface area contributed by atoms with Crippen LogP contribution in [0.5, 0.6) is 0 Å². The van der Waals surface area contributed by atoms with Crippen molar-refractivity contribution in [2.24, 2.45) is 11.3 Å². The molecule has 210 valence electrons. The number of hydrogen-bond donors (Lipinski definition) is 2. The lowest BCUT2D eigenvalue weighted by Crippen LogP contribution is -2.53. The van der Waals surface area contributed by atoms with Gasteiger partial charge in [-0.3, -0.25) is 9.36 Å². The maximum atomic E-state index is 14.1. The molecule has 1 unspecified atom stereocenters. The normalized spacial score (nSPS) is 15.9. The zero-order chi connectivity index (χ0) is 28.8. The average molecular weight is 565 g/mol. The van der Waals surface area contributed by atoms with Crippen LogP contribution in [0, 0.1) is 11.3 Å². The summed E-state index contributed by atoms with van der Waals surface area (Å²) < 4.78 is 32.0. The van der Waals surface area contributed by atoms with Crippen LogP contribution in [0.1, 0.15) is 45.7 Å². The number of aliphatic carboxylic acids is 2. The second-order valence-electron chi connectivity index (χ2n) is 11.4. The van der Waals surface area contributed by atoms with E-state index in [9.17, 15) is 24.4 Å². The van der Waals surface area contributed by atoms with E-state index in [1.807, 2.05) is 70.3 Å². The third kappa shape index (κ3) is 8.35. The summed E-state index contributed by atoms with van der Waals surface area (Å²) in [6.45, 7) is 12.5. The molecule has 0 bridgehead atoms. The number of carboxylic acid groups (broad SMARTS) is 2. The molecule has 0 spiro atoms. The van der Waals surface area contributed by atoms with Crippen LogP contribution in [0.3, 0.4) is 0 Å². The van der Waals surface area contributed by atoms with Gasteiger partial charge in [-0.1, -0.05) is 88.4 Å². The van der Waals surface area contributed by atoms with E-state index in [1.165, 1.54) is 13.8 Å². The lowest BCUT2D eigenvalue weighted by Gasteiger charge is -2.43. The van der Waals surface area contributed by atoms with Gasteiger partial charge >= 0.3 is 19.5 Å². The molecular formula is C28H41O8PSi. The highest BCUT2D eigenvalue weighted by atomic mass is 31.2. The molecule has 2 aromatic rings. The Balaban J connectivity index is 2.42. The molecule has 0 aliphatic heterocycles. The minimum absolute atomic E-state index is 0.0557. The summed E-state index contributed by atoms with van der Waals surface area (Å²) in [6, 6.07) is 18.1. The highest BCUT2D eigenvalue weighted by Crippen LogP contribution is 2.56. The summed E-state index contributed by atoms with van der Waals surface area (Å²) >= 11 is 0. The molecular weight excluding hydrogens is 523 g/mol. The molecule has 8 nitrogen and oxygen atoms in total. The molecule has 0 aromatic heterocycles. The Bertz CT molecular complexity index is 1070. The van der Waals surface area contributed by atoms with Gasteiger partial charge in [0.15, 0.2) is 8.32 Å². The molecule has 0 fully saturated rings. The van der Waals surface area contributed by atoms with E-state index in [0.717, 1.165) is 11.1 Å². The van der Waals surface area contributed by atoms with Crippen LogP contribution in [0.15, 0.2) is 60.7 Å². The van der Waals surface area contributed by atoms with Gasteiger partial charge in [-0.25, -0.2) is 4.79 Å². The molecule has 38 heavy (non-hydrogen) atoms. The number of rotatable bonds is 14. The first-order chi connectivity index (χ1) is 17.5. The van der Waals surface area contributed by atoms with Crippen molar-refractivity contribution in [3.63, 3.8) is 0 Å². The summed E-state index contributed by atoms with van der Waals surface area (Å²) in [6.07, 6.45) is -1.95. The van der Waals surface area contributed by atoms with Crippen molar-refractivity contribution in [1.82, 2.24) is 0 Å². The molecule has 0 saturated heterocycles. The SMILES string of the molecule is CC([C@@H](O[Si](C)(C)C(C)(C)C)C(=O)O)[C@@](C)(CP(=O)(OCc1ccccc1)OCc1ccccc1)C(=O)O. The molecule has 2 aromatic carbocycles. The molecule has 3 atom stereocenters. The predicted octanol–water partition coefficient (Wildman–Crippen LogP) is 6.82. The minimum atomic E-state index is -4.05. The fourth-order valence-corrected chi connectivity index (χ4v) is 7.10. The van der Waals surface area contributed by atoms with E-state index in [0.29, 0.717) is 0 Å². The number of benzene rings is 2. The zero-order valence-corrected chi connectivity index (χ0v) is 25.2. The second kappa shape index (κ2) is 12.7. The van der Waals surface area contributed by atoms with Gasteiger partial charge in [-0.2, -0.15) is 0 Å². The van der Waals surface area contributed by atoms with Gasteiger partial charge in [0.25, 0.3) is 0 Å². The first-order valence-electron chi connectivity index (χ1n) is 12.6. The Morgan fingerprint density at radius 3 is 1.63 bits per heavy atom. The molecule has 0 aliphatic rings. The molecule has 2 N–H and O–H groups in total. The van der Waals surface area contributed by atoms with Gasteiger partial charge in [0, 0.05) is 5.92 Å². The quantitative estimate of drug-likeness (QED) is 0.190. The summed E-state index contributed by atoms with van der Waals surface area (Å²) in [5, 5.41) is 20.2. The largest absolute Gasteiger partial charge is 0.481 e. The summed E-state index contributed by atoms with van der Waals surface area (Å²) in [5.41, 5.74) is -0.314. The van der Waals surface area contributed by atoms with Crippen molar-refractivity contribution >= 4 is 27.9 Å². The fourth-order valence-electron chi connectivity index (χ4n) is 3.63. The van der Waals surface area contributed by atoms with Gasteiger partial charge in [-0.15, -0.1) is 0 Å². The van der Waals surface area contributed by atoms with Crippen molar-refractivity contribution in [3.05, 3.63) is 71.8 Å². The van der Waals surface area contributed by atoms with Crippen LogP contribution < -0.4 is 0 Å². The third-order valence-electron chi connectivity index (χ3n) is 7.48. The van der Waals surface area contributed by atoms with Gasteiger partial charge < -0.3 is 23.7 Å². The van der Waals surface area contributed by atoms with Gasteiger partial charge in [0.2, 0.25) is 0 Å². The van der Waals surface area contributed by atoms with Crippen LogP contribution in [-0.4, -0.2) is 42.7 Å². The molecule has 10 heteroatoms. The first-order valence-corrected chi connectivity index (χ1v) is 17.2. The first kappa shape index (κ1) is 31.9. The number of carboxylic acids is 2. The van der Waals surface area contributed by atoms with E-state index in [4.69, 9.17) is 13.5 Å². The van der Waals surface area contributed by atoms with Crippen LogP contribution in [0.2, 0.25) is 18.1 Å². The maximum Gasteiger partial charge on any atom is 0.332 e. The molecule has 0 amide bonds. The second-order valence-corrected chi connectivity index (χ2v) is 18.2. The standard InChI is InChI=1S/C28H41O8PSi/c1-21(24(25(29)30)36-38(6,7)27(2,3)4)28(5,26(31)32)20-37(33,34-18-22-14-10-8-11-15-22)35-19-23-16-12-9-13-17-23/h8-17,21,24H,18-20H2,1-7H3,(H,29,30)(H,31,32)/t21?,24-,28-/m1/s1. The van der Waals surface area contributed by atoms with E-state index < -0.39 is 51.5 Å². The van der Waals surface area contributed by atoms with Crippen molar-refractivity contribution in [3.8, 4) is 0 Å². The van der Waals surface area contributed by atoms with E-state index >= 15 is 0 Å². The van der Waals surface area contributed by atoms with Crippen molar-refractivity contribution in [2.45, 2.75) is 72.1 Å². The lowest BCUT2D eigenvalue weighted by atomic mass is 9.76. The molecule has 0 saturated carbocycles. The van der Waals surface area contributed by atoms with Gasteiger partial charge in [0.1, 0.15) is 6.10 Å². The summed E-state index contributed by atoms with van der Waals surface area (Å²) in [7, 11) is -6.64. The third-order valence-corrected chi connectivity index (χ3v) is 14.0. The predicted molar refractivity (Wildman–Crippen MR) is 150 cm³/mol. The smallest absolute Gasteiger partial charge is 0.332 e. The monoisotopic (exact) mass is 564 g/mol. The Morgan fingerprint density at radius 2 is 1.29 bits per heavy atom. The van der Waals surface area contributed by atoms with Crippen LogP contribution in [0.4, 0.5) is 0 Å². The molecule has 0 radical (unpaired) electrons. The highest BCUT2D eigenvalue weighted by Gasteiger charge is 2.53. The zero-order valence-electron chi connectivity index (χ0n) is 23.3. The summed E-state index contributed by atoms with van der Waals surface area (Å²) in [5.74, 6) is -3.62. The Hall–Kier alpha value is -2.29. The van der Waals surface area contributed by atoms with E-state index in [-0.39, 0.29) is 18.3 Å². The lowest BCUT2D eigenvalue weighted by molar-refractivity contribution is -0.159. The van der Waals surface area contributed by atoms with E-state index in [1.54, 1.807) is 24.3 Å². The molecule has 0 heterocycles. The number of hydrogen-bond acceptors (Lipinski definition) is 6. The van der Waals surface area contributed by atoms with Crippen molar-refractivity contribution < 1.29 is 37.8 Å². The Labute approximate surface area is 227 Å². The fraction of sp³-hybridized carbons (Fsp3) is 0.500. The highest BCUT2D eigenvalue weighted by molar-refractivity contribution is 7.53. The molecule has 0 aliphatic carbocycles. The topological polar surface area (TPSA) is 119 Å². The van der Waals surface area contributed by atoms with Crippen molar-refractivity contribution in [2.75, 3.05) is 6.16 Å². The summed E-state index contributed by atoms with van der Waals surface area (Å²) in [4.78, 5) is 25.1. The van der Waals surface area contributed by atoms with Crippen molar-refractivity contribution in [1.29, 1.82) is 0 Å². The average Bonchev–Trinajstić information content (AvgIpc) is 2.85.